The molecule has 1 aliphatic heterocycles. The van der Waals surface area contributed by atoms with E-state index in [-0.39, 0.29) is 11.4 Å². The zero-order chi connectivity index (χ0) is 17.7. The van der Waals surface area contributed by atoms with Crippen molar-refractivity contribution in [2.24, 2.45) is 0 Å². The third-order valence-electron chi connectivity index (χ3n) is 3.96. The number of fused-ring (bicyclic) bond motifs is 2. The number of halogens is 2. The molecule has 6 nitrogen and oxygen atoms in total. The van der Waals surface area contributed by atoms with Gasteiger partial charge in [0.1, 0.15) is 18.2 Å². The van der Waals surface area contributed by atoms with Crippen LogP contribution in [-0.2, 0) is 0 Å². The van der Waals surface area contributed by atoms with Crippen LogP contribution in [0.3, 0.4) is 0 Å². The summed E-state index contributed by atoms with van der Waals surface area (Å²) >= 11 is 1.26. The Morgan fingerprint density at radius 1 is 1.08 bits per heavy atom. The second-order valence-electron chi connectivity index (χ2n) is 5.65. The minimum Gasteiger partial charge on any atom is -0.485 e. The monoisotopic (exact) mass is 372 g/mol. The predicted molar refractivity (Wildman–Crippen MR) is 89.3 cm³/mol. The van der Waals surface area contributed by atoms with Crippen molar-refractivity contribution in [3.63, 3.8) is 0 Å². The Balaban J connectivity index is 1.54. The van der Waals surface area contributed by atoms with E-state index >= 15 is 0 Å². The number of benzene rings is 2. The Morgan fingerprint density at radius 2 is 1.92 bits per heavy atom. The highest BCUT2D eigenvalue weighted by Gasteiger charge is 2.27. The average Bonchev–Trinajstić information content (AvgIpc) is 3.24. The van der Waals surface area contributed by atoms with Crippen molar-refractivity contribution in [2.75, 3.05) is 6.61 Å². The molecule has 0 saturated heterocycles. The van der Waals surface area contributed by atoms with Crippen LogP contribution in [0, 0.1) is 11.6 Å². The van der Waals surface area contributed by atoms with Crippen LogP contribution in [0.4, 0.5) is 8.78 Å². The van der Waals surface area contributed by atoms with Gasteiger partial charge in [-0.05, 0) is 30.3 Å². The number of aromatic nitrogens is 4. The molecule has 9 heteroatoms. The Labute approximate surface area is 149 Å². The minimum atomic E-state index is -0.596. The number of nitrogens with zero attached hydrogens (tertiary/aromatic N) is 4. The van der Waals surface area contributed by atoms with Crippen molar-refractivity contribution in [3.8, 4) is 22.9 Å². The molecule has 0 radical (unpaired) electrons. The second-order valence-corrected chi connectivity index (χ2v) is 6.63. The highest BCUT2D eigenvalue weighted by atomic mass is 32.1. The number of ether oxygens (including phenoxy) is 2. The molecule has 1 atom stereocenters. The van der Waals surface area contributed by atoms with E-state index in [9.17, 15) is 8.78 Å². The number of hydrogen-bond donors (Lipinski definition) is 0. The molecule has 26 heavy (non-hydrogen) atoms. The maximum absolute atomic E-state index is 14.1. The molecule has 130 valence electrons. The quantitative estimate of drug-likeness (QED) is 0.538. The number of rotatable bonds is 2. The fourth-order valence-corrected chi connectivity index (χ4v) is 3.59. The van der Waals surface area contributed by atoms with E-state index < -0.39 is 17.7 Å². The molecule has 0 fully saturated rings. The lowest BCUT2D eigenvalue weighted by Gasteiger charge is -2.24. The summed E-state index contributed by atoms with van der Waals surface area (Å²) in [6.45, 7) is 0.296. The first-order chi connectivity index (χ1) is 12.7. The second kappa shape index (κ2) is 5.73. The molecular weight excluding hydrogens is 362 g/mol. The number of para-hydroxylation sites is 2. The Morgan fingerprint density at radius 3 is 2.81 bits per heavy atom. The summed E-state index contributed by atoms with van der Waals surface area (Å²) in [6.07, 6.45) is -0.415. The van der Waals surface area contributed by atoms with Crippen LogP contribution in [0.1, 0.15) is 11.1 Å². The van der Waals surface area contributed by atoms with E-state index in [0.29, 0.717) is 28.1 Å². The van der Waals surface area contributed by atoms with Crippen LogP contribution < -0.4 is 9.47 Å². The van der Waals surface area contributed by atoms with Crippen molar-refractivity contribution >= 4 is 16.3 Å². The van der Waals surface area contributed by atoms with Crippen molar-refractivity contribution in [3.05, 3.63) is 59.1 Å². The molecule has 0 saturated carbocycles. The zero-order valence-corrected chi connectivity index (χ0v) is 13.9. The van der Waals surface area contributed by atoms with Gasteiger partial charge in [0.05, 0.1) is 5.56 Å². The summed E-state index contributed by atoms with van der Waals surface area (Å²) in [4.78, 5) is 0.459. The van der Waals surface area contributed by atoms with Gasteiger partial charge in [-0.15, -0.1) is 10.2 Å². The largest absolute Gasteiger partial charge is 0.485 e. The van der Waals surface area contributed by atoms with Crippen LogP contribution in [0.15, 0.2) is 42.5 Å². The molecule has 2 aromatic heterocycles. The third kappa shape index (κ3) is 2.39. The normalized spacial score (nSPS) is 16.2. The molecule has 0 N–H and O–H groups in total. The first-order valence-electron chi connectivity index (χ1n) is 7.75. The van der Waals surface area contributed by atoms with Crippen LogP contribution in [0.2, 0.25) is 0 Å². The standard InChI is InChI=1S/C17H10F2N4O2S/c18-9-5-6-11(19)10(7-9)15-20-21-17-23(15)22-16(26-17)14-8-24-12-3-1-2-4-13(12)25-14/h1-7,14H,8H2/t14-/m0/s1. The van der Waals surface area contributed by atoms with Gasteiger partial charge in [0, 0.05) is 0 Å². The molecule has 0 amide bonds. The van der Waals surface area contributed by atoms with Crippen LogP contribution in [-0.4, -0.2) is 26.4 Å². The maximum Gasteiger partial charge on any atom is 0.235 e. The van der Waals surface area contributed by atoms with E-state index in [1.807, 2.05) is 24.3 Å². The van der Waals surface area contributed by atoms with Crippen LogP contribution in [0.25, 0.3) is 16.3 Å². The zero-order valence-electron chi connectivity index (χ0n) is 13.1. The first-order valence-corrected chi connectivity index (χ1v) is 8.57. The van der Waals surface area contributed by atoms with Gasteiger partial charge in [0.15, 0.2) is 28.4 Å². The summed E-state index contributed by atoms with van der Waals surface area (Å²) in [5.74, 6) is 0.285. The minimum absolute atomic E-state index is 0.000471. The summed E-state index contributed by atoms with van der Waals surface area (Å²) < 4.78 is 40.6. The summed E-state index contributed by atoms with van der Waals surface area (Å²) in [6, 6.07) is 10.5. The molecule has 2 aromatic carbocycles. The van der Waals surface area contributed by atoms with Crippen molar-refractivity contribution < 1.29 is 18.3 Å². The maximum atomic E-state index is 14.1. The van der Waals surface area contributed by atoms with Gasteiger partial charge in [0.25, 0.3) is 0 Å². The molecule has 3 heterocycles. The van der Waals surface area contributed by atoms with Crippen molar-refractivity contribution in [2.45, 2.75) is 6.10 Å². The topological polar surface area (TPSA) is 61.5 Å². The summed E-state index contributed by atoms with van der Waals surface area (Å²) in [5.41, 5.74) is 0.000471. The lowest BCUT2D eigenvalue weighted by molar-refractivity contribution is 0.0904. The van der Waals surface area contributed by atoms with Gasteiger partial charge in [-0.1, -0.05) is 23.5 Å². The predicted octanol–water partition coefficient (Wildman–Crippen LogP) is 3.64. The summed E-state index contributed by atoms with van der Waals surface area (Å²) in [7, 11) is 0. The molecule has 0 unspecified atom stereocenters. The van der Waals surface area contributed by atoms with Crippen LogP contribution >= 0.6 is 11.3 Å². The van der Waals surface area contributed by atoms with E-state index in [4.69, 9.17) is 9.47 Å². The smallest absolute Gasteiger partial charge is 0.235 e. The lowest BCUT2D eigenvalue weighted by Crippen LogP contribution is -2.21. The Bertz CT molecular complexity index is 1130. The van der Waals surface area contributed by atoms with E-state index in [0.717, 1.165) is 18.2 Å². The highest BCUT2D eigenvalue weighted by Crippen LogP contribution is 2.37. The fourth-order valence-electron chi connectivity index (χ4n) is 2.74. The third-order valence-corrected chi connectivity index (χ3v) is 4.95. The van der Waals surface area contributed by atoms with E-state index in [1.54, 1.807) is 0 Å². The van der Waals surface area contributed by atoms with Crippen molar-refractivity contribution in [1.29, 1.82) is 0 Å². The van der Waals surface area contributed by atoms with Gasteiger partial charge in [-0.2, -0.15) is 9.61 Å². The molecule has 0 aliphatic carbocycles. The van der Waals surface area contributed by atoms with Gasteiger partial charge < -0.3 is 9.47 Å². The highest BCUT2D eigenvalue weighted by molar-refractivity contribution is 7.16. The van der Waals surface area contributed by atoms with Gasteiger partial charge in [-0.25, -0.2) is 8.78 Å². The van der Waals surface area contributed by atoms with Gasteiger partial charge in [0.2, 0.25) is 4.96 Å². The number of hydrogen-bond acceptors (Lipinski definition) is 6. The molecule has 0 spiro atoms. The van der Waals surface area contributed by atoms with Gasteiger partial charge in [-0.3, -0.25) is 0 Å². The first kappa shape index (κ1) is 15.2. The van der Waals surface area contributed by atoms with Gasteiger partial charge >= 0.3 is 0 Å². The Hall–Kier alpha value is -3.07. The molecule has 0 bridgehead atoms. The SMILES string of the molecule is Fc1ccc(F)c(-c2nnc3sc([C@@H]4COc5ccccc5O4)nn23)c1. The lowest BCUT2D eigenvalue weighted by atomic mass is 10.2. The van der Waals surface area contributed by atoms with E-state index in [2.05, 4.69) is 15.3 Å². The van der Waals surface area contributed by atoms with Crippen molar-refractivity contribution in [1.82, 2.24) is 19.8 Å². The molecule has 4 aromatic rings. The van der Waals surface area contributed by atoms with E-state index in [1.165, 1.54) is 15.9 Å². The average molecular weight is 372 g/mol. The Kier molecular flexibility index (Phi) is 3.35. The fraction of sp³-hybridized carbons (Fsp3) is 0.118. The molecular formula is C17H10F2N4O2S. The molecule has 1 aliphatic rings. The summed E-state index contributed by atoms with van der Waals surface area (Å²) in [5, 5.41) is 13.0. The molecule has 5 rings (SSSR count). The van der Waals surface area contributed by atoms with Crippen LogP contribution in [0.5, 0.6) is 11.5 Å².